The monoisotopic (exact) mass is 351 g/mol. The molecule has 24 heavy (non-hydrogen) atoms. The number of benzene rings is 1. The number of amides is 2. The molecule has 2 aliphatic rings. The summed E-state index contributed by atoms with van der Waals surface area (Å²) in [6.45, 7) is 2.58. The molecule has 2 aliphatic heterocycles. The zero-order valence-electron chi connectivity index (χ0n) is 13.5. The van der Waals surface area contributed by atoms with E-state index in [2.05, 4.69) is 0 Å². The SMILES string of the molecule is NC1(C(=O)N2CCN(Cc3cccc(Cl)c3)C(=O)C2)CCOCC1. The maximum atomic E-state index is 12.7. The van der Waals surface area contributed by atoms with Crippen LogP contribution in [0.2, 0.25) is 5.02 Å². The highest BCUT2D eigenvalue weighted by Gasteiger charge is 2.41. The van der Waals surface area contributed by atoms with Crippen molar-refractivity contribution < 1.29 is 14.3 Å². The topological polar surface area (TPSA) is 75.9 Å². The number of nitrogens with zero attached hydrogens (tertiary/aromatic N) is 2. The fourth-order valence-electron chi connectivity index (χ4n) is 3.17. The number of nitrogens with two attached hydrogens (primary N) is 1. The van der Waals surface area contributed by atoms with Crippen molar-refractivity contribution in [2.45, 2.75) is 24.9 Å². The molecule has 0 bridgehead atoms. The summed E-state index contributed by atoms with van der Waals surface area (Å²) in [4.78, 5) is 28.4. The maximum absolute atomic E-state index is 12.7. The largest absolute Gasteiger partial charge is 0.381 e. The van der Waals surface area contributed by atoms with Gasteiger partial charge in [-0.1, -0.05) is 23.7 Å². The van der Waals surface area contributed by atoms with Crippen LogP contribution in [-0.4, -0.2) is 60.0 Å². The Balaban J connectivity index is 1.60. The third-order valence-electron chi connectivity index (χ3n) is 4.68. The van der Waals surface area contributed by atoms with E-state index in [4.69, 9.17) is 22.1 Å². The minimum Gasteiger partial charge on any atom is -0.381 e. The molecule has 0 unspecified atom stereocenters. The Morgan fingerprint density at radius 2 is 2.04 bits per heavy atom. The Labute approximate surface area is 146 Å². The Morgan fingerprint density at radius 1 is 1.29 bits per heavy atom. The molecule has 0 aliphatic carbocycles. The van der Waals surface area contributed by atoms with Gasteiger partial charge >= 0.3 is 0 Å². The normalized spacial score (nSPS) is 21.0. The van der Waals surface area contributed by atoms with E-state index in [1.165, 1.54) is 0 Å². The van der Waals surface area contributed by atoms with Crippen LogP contribution in [0.5, 0.6) is 0 Å². The van der Waals surface area contributed by atoms with Crippen molar-refractivity contribution in [2.75, 3.05) is 32.8 Å². The first-order chi connectivity index (χ1) is 11.5. The lowest BCUT2D eigenvalue weighted by Gasteiger charge is -2.40. The zero-order chi connectivity index (χ0) is 17.2. The number of rotatable bonds is 3. The van der Waals surface area contributed by atoms with Gasteiger partial charge in [0.15, 0.2) is 0 Å². The van der Waals surface area contributed by atoms with E-state index in [0.717, 1.165) is 5.56 Å². The second-order valence-electron chi connectivity index (χ2n) is 6.44. The molecule has 6 nitrogen and oxygen atoms in total. The Kier molecular flexibility index (Phi) is 5.08. The molecule has 1 aromatic rings. The van der Waals surface area contributed by atoms with Gasteiger partial charge in [0.2, 0.25) is 11.8 Å². The lowest BCUT2D eigenvalue weighted by atomic mass is 9.89. The number of halogens is 1. The predicted molar refractivity (Wildman–Crippen MR) is 90.4 cm³/mol. The van der Waals surface area contributed by atoms with E-state index in [-0.39, 0.29) is 18.4 Å². The summed E-state index contributed by atoms with van der Waals surface area (Å²) in [5.74, 6) is -0.202. The number of carbonyl (C=O) groups is 2. The Bertz CT molecular complexity index is 631. The average molecular weight is 352 g/mol. The maximum Gasteiger partial charge on any atom is 0.243 e. The summed E-state index contributed by atoms with van der Waals surface area (Å²) in [6, 6.07) is 7.46. The van der Waals surface area contributed by atoms with E-state index in [1.807, 2.05) is 18.2 Å². The van der Waals surface area contributed by atoms with Crippen molar-refractivity contribution in [3.05, 3.63) is 34.9 Å². The van der Waals surface area contributed by atoms with E-state index < -0.39 is 5.54 Å². The van der Waals surface area contributed by atoms with Crippen molar-refractivity contribution >= 4 is 23.4 Å². The molecule has 2 N–H and O–H groups in total. The van der Waals surface area contributed by atoms with Gasteiger partial charge in [0, 0.05) is 37.9 Å². The summed E-state index contributed by atoms with van der Waals surface area (Å²) in [6.07, 6.45) is 1.01. The molecule has 0 radical (unpaired) electrons. The Hall–Kier alpha value is -1.63. The molecule has 0 saturated carbocycles. The van der Waals surface area contributed by atoms with Gasteiger partial charge in [-0.15, -0.1) is 0 Å². The van der Waals surface area contributed by atoms with Crippen LogP contribution in [0.1, 0.15) is 18.4 Å². The zero-order valence-corrected chi connectivity index (χ0v) is 14.3. The first-order valence-electron chi connectivity index (χ1n) is 8.16. The highest BCUT2D eigenvalue weighted by Crippen LogP contribution is 2.22. The average Bonchev–Trinajstić information content (AvgIpc) is 2.57. The molecule has 3 rings (SSSR count). The van der Waals surface area contributed by atoms with Crippen molar-refractivity contribution in [3.8, 4) is 0 Å². The fraction of sp³-hybridized carbons (Fsp3) is 0.529. The standard InChI is InChI=1S/C17H22ClN3O3/c18-14-3-1-2-13(10-14)11-20-6-7-21(12-15(20)22)16(23)17(19)4-8-24-9-5-17/h1-3,10H,4-9,11-12,19H2. The number of ether oxygens (including phenoxy) is 1. The molecule has 7 heteroatoms. The molecule has 2 amide bonds. The molecule has 1 aromatic carbocycles. The van der Waals surface area contributed by atoms with Gasteiger partial charge in [-0.25, -0.2) is 0 Å². The smallest absolute Gasteiger partial charge is 0.243 e. The van der Waals surface area contributed by atoms with Crippen molar-refractivity contribution in [3.63, 3.8) is 0 Å². The molecular formula is C17H22ClN3O3. The molecule has 130 valence electrons. The van der Waals surface area contributed by atoms with Crippen LogP contribution in [-0.2, 0) is 20.9 Å². The highest BCUT2D eigenvalue weighted by molar-refractivity contribution is 6.30. The first-order valence-corrected chi connectivity index (χ1v) is 8.54. The minimum atomic E-state index is -0.895. The van der Waals surface area contributed by atoms with Crippen LogP contribution >= 0.6 is 11.6 Å². The van der Waals surface area contributed by atoms with Gasteiger partial charge in [-0.3, -0.25) is 9.59 Å². The van der Waals surface area contributed by atoms with Gasteiger partial charge in [-0.05, 0) is 30.5 Å². The first kappa shape index (κ1) is 17.2. The summed E-state index contributed by atoms with van der Waals surface area (Å²) >= 11 is 5.98. The molecule has 0 aromatic heterocycles. The number of hydrogen-bond acceptors (Lipinski definition) is 4. The lowest BCUT2D eigenvalue weighted by molar-refractivity contribution is -0.150. The molecule has 2 saturated heterocycles. The van der Waals surface area contributed by atoms with Crippen LogP contribution in [0.15, 0.2) is 24.3 Å². The van der Waals surface area contributed by atoms with Gasteiger partial charge < -0.3 is 20.3 Å². The highest BCUT2D eigenvalue weighted by atomic mass is 35.5. The summed E-state index contributed by atoms with van der Waals surface area (Å²) < 4.78 is 5.28. The van der Waals surface area contributed by atoms with Crippen molar-refractivity contribution in [1.29, 1.82) is 0 Å². The van der Waals surface area contributed by atoms with Crippen LogP contribution in [0, 0.1) is 0 Å². The van der Waals surface area contributed by atoms with Crippen molar-refractivity contribution in [2.24, 2.45) is 5.73 Å². The second-order valence-corrected chi connectivity index (χ2v) is 6.88. The van der Waals surface area contributed by atoms with Crippen LogP contribution in [0.25, 0.3) is 0 Å². The molecule has 2 heterocycles. The lowest BCUT2D eigenvalue weighted by Crippen LogP contribution is -2.62. The molecule has 2 fully saturated rings. The molecular weight excluding hydrogens is 330 g/mol. The Morgan fingerprint density at radius 3 is 2.71 bits per heavy atom. The van der Waals surface area contributed by atoms with Gasteiger partial charge in [0.1, 0.15) is 0 Å². The molecule has 0 spiro atoms. The third-order valence-corrected chi connectivity index (χ3v) is 4.91. The van der Waals surface area contributed by atoms with E-state index in [9.17, 15) is 9.59 Å². The summed E-state index contributed by atoms with van der Waals surface area (Å²) in [5, 5.41) is 0.651. The van der Waals surface area contributed by atoms with Crippen molar-refractivity contribution in [1.82, 2.24) is 9.80 Å². The van der Waals surface area contributed by atoms with Crippen LogP contribution < -0.4 is 5.73 Å². The van der Waals surface area contributed by atoms with Crippen LogP contribution in [0.3, 0.4) is 0 Å². The second kappa shape index (κ2) is 7.09. The number of hydrogen-bond donors (Lipinski definition) is 1. The van der Waals surface area contributed by atoms with Gasteiger partial charge in [0.25, 0.3) is 0 Å². The predicted octanol–water partition coefficient (Wildman–Crippen LogP) is 1.02. The van der Waals surface area contributed by atoms with E-state index in [1.54, 1.807) is 15.9 Å². The number of piperazine rings is 1. The van der Waals surface area contributed by atoms with E-state index in [0.29, 0.717) is 50.7 Å². The third kappa shape index (κ3) is 3.71. The van der Waals surface area contributed by atoms with Gasteiger partial charge in [0.05, 0.1) is 12.1 Å². The molecule has 0 atom stereocenters. The summed E-state index contributed by atoms with van der Waals surface area (Å²) in [7, 11) is 0. The van der Waals surface area contributed by atoms with Gasteiger partial charge in [-0.2, -0.15) is 0 Å². The fourth-order valence-corrected chi connectivity index (χ4v) is 3.38. The van der Waals surface area contributed by atoms with Crippen LogP contribution in [0.4, 0.5) is 0 Å². The number of carbonyl (C=O) groups excluding carboxylic acids is 2. The minimum absolute atomic E-state index is 0.0646. The van der Waals surface area contributed by atoms with E-state index >= 15 is 0 Å². The quantitative estimate of drug-likeness (QED) is 0.882. The summed E-state index contributed by atoms with van der Waals surface area (Å²) in [5.41, 5.74) is 6.33.